The van der Waals surface area contributed by atoms with Crippen molar-refractivity contribution in [1.82, 2.24) is 15.0 Å². The second-order valence-electron chi connectivity index (χ2n) is 3.06. The van der Waals surface area contributed by atoms with Crippen LogP contribution < -0.4 is 16.2 Å². The Kier molecular flexibility index (Phi) is 2.81. The van der Waals surface area contributed by atoms with Crippen LogP contribution in [-0.2, 0) is 6.61 Å². The molecule has 0 spiro atoms. The normalized spacial score (nSPS) is 10.0. The van der Waals surface area contributed by atoms with Crippen LogP contribution in [0.25, 0.3) is 0 Å². The fraction of sp³-hybridized carbons (Fsp3) is 0.100. The maximum absolute atomic E-state index is 11.0. The highest BCUT2D eigenvalue weighted by Crippen LogP contribution is 2.09. The van der Waals surface area contributed by atoms with Crippen LogP contribution in [0.4, 0.5) is 5.95 Å². The minimum atomic E-state index is -0.529. The van der Waals surface area contributed by atoms with Crippen molar-refractivity contribution < 1.29 is 4.74 Å². The molecule has 0 fully saturated rings. The topological polar surface area (TPSA) is 93.9 Å². The van der Waals surface area contributed by atoms with Crippen molar-refractivity contribution in [2.75, 3.05) is 5.73 Å². The number of nitrogens with zero attached hydrogens (tertiary/aromatic N) is 2. The van der Waals surface area contributed by atoms with Gasteiger partial charge in [-0.3, -0.25) is 4.98 Å². The first-order valence-corrected chi connectivity index (χ1v) is 4.64. The number of anilines is 1. The summed E-state index contributed by atoms with van der Waals surface area (Å²) in [4.78, 5) is 20.6. The number of hydrogen-bond donors (Lipinski definition) is 2. The Morgan fingerprint density at radius 3 is 2.69 bits per heavy atom. The Morgan fingerprint density at radius 1 is 1.25 bits per heavy atom. The highest BCUT2D eigenvalue weighted by molar-refractivity contribution is 5.21. The number of para-hydroxylation sites is 1. The SMILES string of the molecule is Nc1nc(COc2ccccc2)[nH]c(=O)n1. The molecule has 0 aliphatic rings. The van der Waals surface area contributed by atoms with Crippen molar-refractivity contribution in [1.29, 1.82) is 0 Å². The molecule has 82 valence electrons. The molecule has 0 bridgehead atoms. The standard InChI is InChI=1S/C10H10N4O2/c11-9-12-8(13-10(15)14-9)6-16-7-4-2-1-3-5-7/h1-5H,6H2,(H3,11,12,13,14,15). The fourth-order valence-corrected chi connectivity index (χ4v) is 1.18. The highest BCUT2D eigenvalue weighted by atomic mass is 16.5. The smallest absolute Gasteiger partial charge is 0.349 e. The van der Waals surface area contributed by atoms with E-state index in [1.165, 1.54) is 0 Å². The molecule has 16 heavy (non-hydrogen) atoms. The van der Waals surface area contributed by atoms with Gasteiger partial charge < -0.3 is 10.5 Å². The van der Waals surface area contributed by atoms with Crippen molar-refractivity contribution in [2.24, 2.45) is 0 Å². The summed E-state index contributed by atoms with van der Waals surface area (Å²) in [6.45, 7) is 0.145. The third-order valence-electron chi connectivity index (χ3n) is 1.84. The molecule has 0 radical (unpaired) electrons. The van der Waals surface area contributed by atoms with Crippen LogP contribution in [0.15, 0.2) is 35.1 Å². The Bertz CT molecular complexity index is 524. The zero-order valence-electron chi connectivity index (χ0n) is 8.38. The average Bonchev–Trinajstić information content (AvgIpc) is 2.27. The molecule has 0 atom stereocenters. The number of ether oxygens (including phenoxy) is 1. The number of benzene rings is 1. The second-order valence-corrected chi connectivity index (χ2v) is 3.06. The first-order valence-electron chi connectivity index (χ1n) is 4.64. The molecule has 2 rings (SSSR count). The number of aromatic nitrogens is 3. The molecule has 1 aromatic heterocycles. The molecule has 0 saturated heterocycles. The van der Waals surface area contributed by atoms with Crippen LogP contribution in [0.3, 0.4) is 0 Å². The van der Waals surface area contributed by atoms with E-state index in [-0.39, 0.29) is 12.6 Å². The lowest BCUT2D eigenvalue weighted by molar-refractivity contribution is 0.295. The van der Waals surface area contributed by atoms with Crippen molar-refractivity contribution in [3.63, 3.8) is 0 Å². The monoisotopic (exact) mass is 218 g/mol. The number of rotatable bonds is 3. The molecule has 6 nitrogen and oxygen atoms in total. The Morgan fingerprint density at radius 2 is 2.00 bits per heavy atom. The lowest BCUT2D eigenvalue weighted by atomic mass is 10.3. The van der Waals surface area contributed by atoms with Crippen molar-refractivity contribution in [2.45, 2.75) is 6.61 Å². The molecule has 0 aliphatic carbocycles. The zero-order valence-corrected chi connectivity index (χ0v) is 8.38. The van der Waals surface area contributed by atoms with E-state index < -0.39 is 5.69 Å². The van der Waals surface area contributed by atoms with Crippen molar-refractivity contribution >= 4 is 5.95 Å². The maximum Gasteiger partial charge on any atom is 0.349 e. The van der Waals surface area contributed by atoms with E-state index in [9.17, 15) is 4.79 Å². The van der Waals surface area contributed by atoms with E-state index in [4.69, 9.17) is 10.5 Å². The highest BCUT2D eigenvalue weighted by Gasteiger charge is 2.00. The molecule has 0 saturated carbocycles. The van der Waals surface area contributed by atoms with Gasteiger partial charge in [-0.1, -0.05) is 18.2 Å². The Hall–Kier alpha value is -2.37. The fourth-order valence-electron chi connectivity index (χ4n) is 1.18. The Labute approximate surface area is 91.1 Å². The maximum atomic E-state index is 11.0. The third-order valence-corrected chi connectivity index (χ3v) is 1.84. The molecule has 3 N–H and O–H groups in total. The van der Waals surface area contributed by atoms with Gasteiger partial charge in [0.1, 0.15) is 12.4 Å². The summed E-state index contributed by atoms with van der Waals surface area (Å²) < 4.78 is 5.39. The van der Waals surface area contributed by atoms with Crippen molar-refractivity contribution in [3.8, 4) is 5.75 Å². The predicted octanol–water partition coefficient (Wildman–Crippen LogP) is 0.326. The van der Waals surface area contributed by atoms with Gasteiger partial charge in [0.05, 0.1) is 0 Å². The third kappa shape index (κ3) is 2.57. The van der Waals surface area contributed by atoms with Gasteiger partial charge >= 0.3 is 5.69 Å². The van der Waals surface area contributed by atoms with Gasteiger partial charge in [-0.2, -0.15) is 9.97 Å². The van der Waals surface area contributed by atoms with Crippen LogP contribution in [0.2, 0.25) is 0 Å². The zero-order chi connectivity index (χ0) is 11.4. The number of nitrogen functional groups attached to an aromatic ring is 1. The quantitative estimate of drug-likeness (QED) is 0.774. The first kappa shape index (κ1) is 10.2. The largest absolute Gasteiger partial charge is 0.486 e. The summed E-state index contributed by atoms with van der Waals surface area (Å²) in [7, 11) is 0. The van der Waals surface area contributed by atoms with Gasteiger partial charge in [0.25, 0.3) is 0 Å². The molecular formula is C10H10N4O2. The molecule has 1 heterocycles. The number of H-pyrrole nitrogens is 1. The lowest BCUT2D eigenvalue weighted by Gasteiger charge is -2.04. The summed E-state index contributed by atoms with van der Waals surface area (Å²) in [5.74, 6) is 0.984. The van der Waals surface area contributed by atoms with E-state index in [1.54, 1.807) is 0 Å². The van der Waals surface area contributed by atoms with Crippen molar-refractivity contribution in [3.05, 3.63) is 46.6 Å². The molecule has 0 aliphatic heterocycles. The number of aromatic amines is 1. The molecular weight excluding hydrogens is 208 g/mol. The molecule has 6 heteroatoms. The van der Waals surface area contributed by atoms with Crippen LogP contribution >= 0.6 is 0 Å². The molecule has 1 aromatic carbocycles. The van der Waals surface area contributed by atoms with E-state index in [2.05, 4.69) is 15.0 Å². The summed E-state index contributed by atoms with van der Waals surface area (Å²) in [6.07, 6.45) is 0. The minimum absolute atomic E-state index is 0.0598. The summed E-state index contributed by atoms with van der Waals surface area (Å²) in [5.41, 5.74) is 4.80. The van der Waals surface area contributed by atoms with Gasteiger partial charge in [0, 0.05) is 0 Å². The molecule has 0 amide bonds. The van der Waals surface area contributed by atoms with Crippen LogP contribution in [0, 0.1) is 0 Å². The summed E-state index contributed by atoms with van der Waals surface area (Å²) in [6, 6.07) is 9.21. The molecule has 0 unspecified atom stereocenters. The summed E-state index contributed by atoms with van der Waals surface area (Å²) in [5, 5.41) is 0. The number of nitrogens with one attached hydrogen (secondary N) is 1. The van der Waals surface area contributed by atoms with Crippen LogP contribution in [0.1, 0.15) is 5.82 Å². The van der Waals surface area contributed by atoms with E-state index in [1.807, 2.05) is 30.3 Å². The summed E-state index contributed by atoms with van der Waals surface area (Å²) >= 11 is 0. The van der Waals surface area contributed by atoms with Crippen LogP contribution in [-0.4, -0.2) is 15.0 Å². The van der Waals surface area contributed by atoms with Crippen LogP contribution in [0.5, 0.6) is 5.75 Å². The van der Waals surface area contributed by atoms with Gasteiger partial charge in [-0.25, -0.2) is 4.79 Å². The number of hydrogen-bond acceptors (Lipinski definition) is 5. The predicted molar refractivity (Wildman–Crippen MR) is 57.8 cm³/mol. The second kappa shape index (κ2) is 4.43. The average molecular weight is 218 g/mol. The molecule has 2 aromatic rings. The minimum Gasteiger partial charge on any atom is -0.486 e. The van der Waals surface area contributed by atoms with Gasteiger partial charge in [-0.15, -0.1) is 0 Å². The van der Waals surface area contributed by atoms with Gasteiger partial charge in [0.2, 0.25) is 5.95 Å². The first-order chi connectivity index (χ1) is 7.74. The van der Waals surface area contributed by atoms with E-state index >= 15 is 0 Å². The van der Waals surface area contributed by atoms with Gasteiger partial charge in [0.15, 0.2) is 5.82 Å². The van der Waals surface area contributed by atoms with E-state index in [0.29, 0.717) is 11.6 Å². The van der Waals surface area contributed by atoms with Gasteiger partial charge in [-0.05, 0) is 12.1 Å². The Balaban J connectivity index is 2.08. The lowest BCUT2D eigenvalue weighted by Crippen LogP contribution is -2.18. The van der Waals surface area contributed by atoms with E-state index in [0.717, 1.165) is 0 Å². The number of nitrogens with two attached hydrogens (primary N) is 1.